The lowest BCUT2D eigenvalue weighted by Gasteiger charge is -2.25. The molecular weight excluding hydrogens is 196 g/mol. The number of hydrogen-bond donors (Lipinski definition) is 2. The van der Waals surface area contributed by atoms with Gasteiger partial charge in [0.1, 0.15) is 0 Å². The van der Waals surface area contributed by atoms with Crippen LogP contribution in [0.3, 0.4) is 0 Å². The fourth-order valence-corrected chi connectivity index (χ4v) is 1.17. The molecule has 0 aliphatic rings. The molecule has 0 saturated heterocycles. The third-order valence-corrected chi connectivity index (χ3v) is 2.21. The molecule has 15 heavy (non-hydrogen) atoms. The van der Waals surface area contributed by atoms with Gasteiger partial charge in [-0.05, 0) is 20.8 Å². The van der Waals surface area contributed by atoms with Gasteiger partial charge in [0.2, 0.25) is 0 Å². The van der Waals surface area contributed by atoms with Crippen molar-refractivity contribution < 1.29 is 14.7 Å². The SMILES string of the molecule is CCN(C(=O)NCC(C)C(=O)O)C(C)C. The first-order chi connectivity index (χ1) is 6.90. The lowest BCUT2D eigenvalue weighted by Crippen LogP contribution is -2.45. The van der Waals surface area contributed by atoms with E-state index < -0.39 is 11.9 Å². The Morgan fingerprint density at radius 2 is 1.87 bits per heavy atom. The molecule has 5 nitrogen and oxygen atoms in total. The van der Waals surface area contributed by atoms with Gasteiger partial charge in [0.25, 0.3) is 0 Å². The van der Waals surface area contributed by atoms with E-state index >= 15 is 0 Å². The van der Waals surface area contributed by atoms with Crippen LogP contribution in [0.15, 0.2) is 0 Å². The Kier molecular flexibility index (Phi) is 5.74. The summed E-state index contributed by atoms with van der Waals surface area (Å²) in [4.78, 5) is 23.7. The molecule has 0 saturated carbocycles. The summed E-state index contributed by atoms with van der Waals surface area (Å²) in [6.07, 6.45) is 0. The van der Waals surface area contributed by atoms with Gasteiger partial charge in [-0.1, -0.05) is 6.92 Å². The number of amides is 2. The number of carbonyl (C=O) groups is 2. The van der Waals surface area contributed by atoms with Crippen LogP contribution in [0.2, 0.25) is 0 Å². The van der Waals surface area contributed by atoms with Crippen LogP contribution in [-0.4, -0.2) is 41.1 Å². The fraction of sp³-hybridized carbons (Fsp3) is 0.800. The van der Waals surface area contributed by atoms with Gasteiger partial charge >= 0.3 is 12.0 Å². The Morgan fingerprint density at radius 1 is 1.33 bits per heavy atom. The van der Waals surface area contributed by atoms with Gasteiger partial charge in [-0.3, -0.25) is 4.79 Å². The molecule has 0 radical (unpaired) electrons. The standard InChI is InChI=1S/C10H20N2O3/c1-5-12(7(2)3)10(15)11-6-8(4)9(13)14/h7-8H,5-6H2,1-4H3,(H,11,15)(H,13,14). The molecule has 0 rings (SSSR count). The normalized spacial score (nSPS) is 12.3. The third-order valence-electron chi connectivity index (χ3n) is 2.21. The first-order valence-electron chi connectivity index (χ1n) is 5.17. The molecule has 0 aliphatic carbocycles. The van der Waals surface area contributed by atoms with Crippen LogP contribution in [0, 0.1) is 5.92 Å². The van der Waals surface area contributed by atoms with E-state index in [1.807, 2.05) is 20.8 Å². The molecule has 0 aromatic rings. The predicted molar refractivity (Wildman–Crippen MR) is 57.7 cm³/mol. The minimum absolute atomic E-state index is 0.120. The maximum absolute atomic E-state index is 11.6. The number of hydrogen-bond acceptors (Lipinski definition) is 2. The highest BCUT2D eigenvalue weighted by Gasteiger charge is 2.17. The van der Waals surface area contributed by atoms with E-state index in [0.717, 1.165) is 0 Å². The second kappa shape index (κ2) is 6.27. The molecule has 0 heterocycles. The average molecular weight is 216 g/mol. The van der Waals surface area contributed by atoms with Crippen LogP contribution >= 0.6 is 0 Å². The number of aliphatic carboxylic acids is 1. The molecular formula is C10H20N2O3. The molecule has 5 heteroatoms. The number of carboxylic acid groups (broad SMARTS) is 1. The minimum Gasteiger partial charge on any atom is -0.481 e. The van der Waals surface area contributed by atoms with E-state index in [1.54, 1.807) is 11.8 Å². The van der Waals surface area contributed by atoms with Gasteiger partial charge in [0.05, 0.1) is 5.92 Å². The van der Waals surface area contributed by atoms with Crippen molar-refractivity contribution in [3.8, 4) is 0 Å². The number of nitrogens with zero attached hydrogens (tertiary/aromatic N) is 1. The van der Waals surface area contributed by atoms with E-state index in [9.17, 15) is 9.59 Å². The van der Waals surface area contributed by atoms with E-state index in [0.29, 0.717) is 6.54 Å². The molecule has 1 atom stereocenters. The quantitative estimate of drug-likeness (QED) is 0.724. The second-order valence-electron chi connectivity index (χ2n) is 3.81. The molecule has 0 bridgehead atoms. The van der Waals surface area contributed by atoms with Crippen molar-refractivity contribution in [2.24, 2.45) is 5.92 Å². The van der Waals surface area contributed by atoms with E-state index in [-0.39, 0.29) is 18.6 Å². The van der Waals surface area contributed by atoms with Gasteiger partial charge in [-0.15, -0.1) is 0 Å². The fourth-order valence-electron chi connectivity index (χ4n) is 1.17. The Labute approximate surface area is 90.5 Å². The highest BCUT2D eigenvalue weighted by molar-refractivity contribution is 5.76. The maximum atomic E-state index is 11.6. The Balaban J connectivity index is 4.07. The molecule has 2 amide bonds. The number of rotatable bonds is 5. The zero-order valence-corrected chi connectivity index (χ0v) is 9.78. The van der Waals surface area contributed by atoms with Crippen LogP contribution in [0.25, 0.3) is 0 Å². The van der Waals surface area contributed by atoms with E-state index in [2.05, 4.69) is 5.32 Å². The Morgan fingerprint density at radius 3 is 2.20 bits per heavy atom. The van der Waals surface area contributed by atoms with Crippen molar-refractivity contribution >= 4 is 12.0 Å². The van der Waals surface area contributed by atoms with Crippen molar-refractivity contribution in [3.05, 3.63) is 0 Å². The lowest BCUT2D eigenvalue weighted by molar-refractivity contribution is -0.140. The van der Waals surface area contributed by atoms with Crippen molar-refractivity contribution in [1.82, 2.24) is 10.2 Å². The van der Waals surface area contributed by atoms with Gasteiger partial charge in [0, 0.05) is 19.1 Å². The molecule has 0 aromatic carbocycles. The summed E-state index contributed by atoms with van der Waals surface area (Å²) in [5.74, 6) is -1.46. The summed E-state index contributed by atoms with van der Waals surface area (Å²) in [6.45, 7) is 8.07. The number of urea groups is 1. The van der Waals surface area contributed by atoms with Crippen molar-refractivity contribution in [1.29, 1.82) is 0 Å². The second-order valence-corrected chi connectivity index (χ2v) is 3.81. The van der Waals surface area contributed by atoms with Gasteiger partial charge < -0.3 is 15.3 Å². The highest BCUT2D eigenvalue weighted by atomic mass is 16.4. The van der Waals surface area contributed by atoms with Crippen LogP contribution in [0.1, 0.15) is 27.7 Å². The molecule has 0 aromatic heterocycles. The molecule has 1 unspecified atom stereocenters. The number of carboxylic acids is 1. The van der Waals surface area contributed by atoms with Crippen LogP contribution < -0.4 is 5.32 Å². The highest BCUT2D eigenvalue weighted by Crippen LogP contribution is 1.99. The largest absolute Gasteiger partial charge is 0.481 e. The molecule has 0 spiro atoms. The summed E-state index contributed by atoms with van der Waals surface area (Å²) in [5.41, 5.74) is 0. The summed E-state index contributed by atoms with van der Waals surface area (Å²) >= 11 is 0. The van der Waals surface area contributed by atoms with Gasteiger partial charge in [0.15, 0.2) is 0 Å². The van der Waals surface area contributed by atoms with Crippen LogP contribution in [-0.2, 0) is 4.79 Å². The Hall–Kier alpha value is -1.26. The van der Waals surface area contributed by atoms with Crippen molar-refractivity contribution in [2.45, 2.75) is 33.7 Å². The third kappa shape index (κ3) is 4.67. The number of nitrogens with one attached hydrogen (secondary N) is 1. The zero-order chi connectivity index (χ0) is 12.0. The Bertz CT molecular complexity index is 229. The van der Waals surface area contributed by atoms with Gasteiger partial charge in [-0.25, -0.2) is 4.79 Å². The average Bonchev–Trinajstić information content (AvgIpc) is 2.14. The predicted octanol–water partition coefficient (Wildman–Crippen LogP) is 1.15. The summed E-state index contributed by atoms with van der Waals surface area (Å²) < 4.78 is 0. The topological polar surface area (TPSA) is 69.6 Å². The number of carbonyl (C=O) groups excluding carboxylic acids is 1. The minimum atomic E-state index is -0.900. The maximum Gasteiger partial charge on any atom is 0.317 e. The first kappa shape index (κ1) is 13.7. The summed E-state index contributed by atoms with van der Waals surface area (Å²) in [7, 11) is 0. The molecule has 2 N–H and O–H groups in total. The smallest absolute Gasteiger partial charge is 0.317 e. The van der Waals surface area contributed by atoms with Crippen LogP contribution in [0.5, 0.6) is 0 Å². The van der Waals surface area contributed by atoms with Crippen molar-refractivity contribution in [2.75, 3.05) is 13.1 Å². The molecule has 0 fully saturated rings. The first-order valence-corrected chi connectivity index (χ1v) is 5.17. The van der Waals surface area contributed by atoms with E-state index in [1.165, 1.54) is 0 Å². The summed E-state index contributed by atoms with van der Waals surface area (Å²) in [5, 5.41) is 11.2. The van der Waals surface area contributed by atoms with Gasteiger partial charge in [-0.2, -0.15) is 0 Å². The monoisotopic (exact) mass is 216 g/mol. The summed E-state index contributed by atoms with van der Waals surface area (Å²) in [6, 6.07) is -0.0873. The molecule has 88 valence electrons. The molecule has 0 aliphatic heterocycles. The van der Waals surface area contributed by atoms with Crippen molar-refractivity contribution in [3.63, 3.8) is 0 Å². The van der Waals surface area contributed by atoms with Crippen LogP contribution in [0.4, 0.5) is 4.79 Å². The van der Waals surface area contributed by atoms with E-state index in [4.69, 9.17) is 5.11 Å². The zero-order valence-electron chi connectivity index (χ0n) is 9.78. The lowest BCUT2D eigenvalue weighted by atomic mass is 10.2.